The third-order valence-electron chi connectivity index (χ3n) is 3.48. The Hall–Kier alpha value is -1.94. The highest BCUT2D eigenvalue weighted by molar-refractivity contribution is 6.08. The molecule has 0 aliphatic carbocycles. The van der Waals surface area contributed by atoms with E-state index >= 15 is 0 Å². The van der Waals surface area contributed by atoms with Crippen molar-refractivity contribution in [2.75, 3.05) is 0 Å². The number of aliphatic hydroxyl groups is 1. The SMILES string of the molecule is CCn1c2ccc(CO)cc2c2c(F)c(F)ccc21. The number of fused-ring (bicyclic) bond motifs is 3. The van der Waals surface area contributed by atoms with Crippen LogP contribution in [0.25, 0.3) is 21.8 Å². The highest BCUT2D eigenvalue weighted by Gasteiger charge is 2.16. The molecule has 4 heteroatoms. The Morgan fingerprint density at radius 1 is 1.11 bits per heavy atom. The summed E-state index contributed by atoms with van der Waals surface area (Å²) in [4.78, 5) is 0. The lowest BCUT2D eigenvalue weighted by molar-refractivity contribution is 0.282. The van der Waals surface area contributed by atoms with Gasteiger partial charge in [-0.25, -0.2) is 8.78 Å². The van der Waals surface area contributed by atoms with Crippen LogP contribution in [0.5, 0.6) is 0 Å². The lowest BCUT2D eigenvalue weighted by Crippen LogP contribution is -1.93. The first-order valence-electron chi connectivity index (χ1n) is 6.17. The number of nitrogens with zero attached hydrogens (tertiary/aromatic N) is 1. The standard InChI is InChI=1S/C15H13F2NO/c1-2-18-12-5-3-9(8-19)7-10(12)14-13(18)6-4-11(16)15(14)17/h3-7,19H,2,8H2,1H3. The topological polar surface area (TPSA) is 25.2 Å². The molecule has 0 aliphatic heterocycles. The zero-order valence-electron chi connectivity index (χ0n) is 10.5. The van der Waals surface area contributed by atoms with Crippen molar-refractivity contribution in [3.05, 3.63) is 47.5 Å². The Balaban J connectivity index is 2.55. The van der Waals surface area contributed by atoms with Gasteiger partial charge in [0, 0.05) is 22.8 Å². The molecule has 0 amide bonds. The summed E-state index contributed by atoms with van der Waals surface area (Å²) < 4.78 is 29.4. The minimum Gasteiger partial charge on any atom is -0.392 e. The maximum Gasteiger partial charge on any atom is 0.168 e. The van der Waals surface area contributed by atoms with E-state index in [1.165, 1.54) is 0 Å². The summed E-state index contributed by atoms with van der Waals surface area (Å²) in [5.41, 5.74) is 2.21. The molecule has 1 N–H and O–H groups in total. The van der Waals surface area contributed by atoms with Gasteiger partial charge in [0.2, 0.25) is 0 Å². The number of aliphatic hydroxyl groups excluding tert-OH is 1. The molecule has 0 fully saturated rings. The van der Waals surface area contributed by atoms with Gasteiger partial charge in [-0.3, -0.25) is 0 Å². The molecule has 0 unspecified atom stereocenters. The molecule has 19 heavy (non-hydrogen) atoms. The summed E-state index contributed by atoms with van der Waals surface area (Å²) in [6, 6.07) is 8.08. The van der Waals surface area contributed by atoms with Crippen LogP contribution in [0.3, 0.4) is 0 Å². The molecule has 0 atom stereocenters. The van der Waals surface area contributed by atoms with Crippen LogP contribution in [-0.2, 0) is 13.2 Å². The average molecular weight is 261 g/mol. The summed E-state index contributed by atoms with van der Waals surface area (Å²) in [6.45, 7) is 2.51. The average Bonchev–Trinajstić information content (AvgIpc) is 2.75. The first kappa shape index (κ1) is 12.1. The van der Waals surface area contributed by atoms with E-state index in [1.54, 1.807) is 18.2 Å². The van der Waals surface area contributed by atoms with Crippen LogP contribution in [0.2, 0.25) is 0 Å². The summed E-state index contributed by atoms with van der Waals surface area (Å²) in [5, 5.41) is 10.1. The lowest BCUT2D eigenvalue weighted by Gasteiger charge is -2.03. The number of hydrogen-bond acceptors (Lipinski definition) is 1. The van der Waals surface area contributed by atoms with Crippen molar-refractivity contribution in [1.29, 1.82) is 0 Å². The quantitative estimate of drug-likeness (QED) is 0.749. The highest BCUT2D eigenvalue weighted by Crippen LogP contribution is 2.32. The van der Waals surface area contributed by atoms with Gasteiger partial charge < -0.3 is 9.67 Å². The van der Waals surface area contributed by atoms with Gasteiger partial charge >= 0.3 is 0 Å². The molecule has 0 radical (unpaired) electrons. The van der Waals surface area contributed by atoms with Crippen molar-refractivity contribution >= 4 is 21.8 Å². The fourth-order valence-electron chi connectivity index (χ4n) is 2.61. The number of hydrogen-bond donors (Lipinski definition) is 1. The molecule has 3 aromatic rings. The fraction of sp³-hybridized carbons (Fsp3) is 0.200. The number of aryl methyl sites for hydroxylation is 1. The molecule has 1 aromatic heterocycles. The molecule has 0 saturated heterocycles. The van der Waals surface area contributed by atoms with Gasteiger partial charge in [0.15, 0.2) is 11.6 Å². The summed E-state index contributed by atoms with van der Waals surface area (Å²) in [6.07, 6.45) is 0. The van der Waals surface area contributed by atoms with Crippen LogP contribution < -0.4 is 0 Å². The van der Waals surface area contributed by atoms with E-state index in [4.69, 9.17) is 0 Å². The van der Waals surface area contributed by atoms with Crippen molar-refractivity contribution in [2.24, 2.45) is 0 Å². The monoisotopic (exact) mass is 261 g/mol. The molecule has 2 nitrogen and oxygen atoms in total. The molecular weight excluding hydrogens is 248 g/mol. The van der Waals surface area contributed by atoms with Gasteiger partial charge in [-0.1, -0.05) is 6.07 Å². The molecule has 0 bridgehead atoms. The van der Waals surface area contributed by atoms with E-state index in [9.17, 15) is 13.9 Å². The van der Waals surface area contributed by atoms with Gasteiger partial charge in [0.1, 0.15) is 0 Å². The molecule has 98 valence electrons. The van der Waals surface area contributed by atoms with Gasteiger partial charge in [-0.05, 0) is 36.8 Å². The minimum absolute atomic E-state index is 0.119. The molecule has 0 saturated carbocycles. The van der Waals surface area contributed by atoms with Gasteiger partial charge in [-0.15, -0.1) is 0 Å². The number of halogens is 2. The third-order valence-corrected chi connectivity index (χ3v) is 3.48. The van der Waals surface area contributed by atoms with Crippen LogP contribution >= 0.6 is 0 Å². The van der Waals surface area contributed by atoms with E-state index < -0.39 is 11.6 Å². The molecule has 0 spiro atoms. The highest BCUT2D eigenvalue weighted by atomic mass is 19.2. The van der Waals surface area contributed by atoms with E-state index in [2.05, 4.69) is 0 Å². The zero-order chi connectivity index (χ0) is 13.6. The van der Waals surface area contributed by atoms with E-state index in [0.717, 1.165) is 11.6 Å². The van der Waals surface area contributed by atoms with Crippen LogP contribution in [0, 0.1) is 11.6 Å². The summed E-state index contributed by atoms with van der Waals surface area (Å²) >= 11 is 0. The summed E-state index contributed by atoms with van der Waals surface area (Å²) in [5.74, 6) is -1.68. The van der Waals surface area contributed by atoms with Crippen LogP contribution in [0.1, 0.15) is 12.5 Å². The lowest BCUT2D eigenvalue weighted by atomic mass is 10.1. The Labute approximate surface area is 108 Å². The Kier molecular flexibility index (Phi) is 2.75. The van der Waals surface area contributed by atoms with Crippen molar-refractivity contribution in [3.8, 4) is 0 Å². The Morgan fingerprint density at radius 3 is 2.53 bits per heavy atom. The smallest absolute Gasteiger partial charge is 0.168 e. The second-order valence-corrected chi connectivity index (χ2v) is 4.51. The Bertz CT molecular complexity index is 777. The predicted octanol–water partition coefficient (Wildman–Crippen LogP) is 3.58. The molecule has 3 rings (SSSR count). The minimum atomic E-state index is -0.850. The van der Waals surface area contributed by atoms with Crippen molar-refractivity contribution in [1.82, 2.24) is 4.57 Å². The second kappa shape index (κ2) is 4.31. The van der Waals surface area contributed by atoms with Crippen molar-refractivity contribution < 1.29 is 13.9 Å². The fourth-order valence-corrected chi connectivity index (χ4v) is 2.61. The van der Waals surface area contributed by atoms with Crippen molar-refractivity contribution in [3.63, 3.8) is 0 Å². The van der Waals surface area contributed by atoms with E-state index in [0.29, 0.717) is 23.0 Å². The third kappa shape index (κ3) is 1.64. The zero-order valence-corrected chi connectivity index (χ0v) is 10.5. The van der Waals surface area contributed by atoms with Crippen LogP contribution in [0.4, 0.5) is 8.78 Å². The first-order valence-corrected chi connectivity index (χ1v) is 6.17. The maximum absolute atomic E-state index is 14.1. The normalized spacial score (nSPS) is 11.6. The molecule has 1 heterocycles. The van der Waals surface area contributed by atoms with E-state index in [-0.39, 0.29) is 12.0 Å². The van der Waals surface area contributed by atoms with Crippen molar-refractivity contribution in [2.45, 2.75) is 20.1 Å². The number of aromatic nitrogens is 1. The first-order chi connectivity index (χ1) is 9.17. The van der Waals surface area contributed by atoms with Crippen LogP contribution in [-0.4, -0.2) is 9.67 Å². The van der Waals surface area contributed by atoms with Crippen LogP contribution in [0.15, 0.2) is 30.3 Å². The van der Waals surface area contributed by atoms with Gasteiger partial charge in [0.05, 0.1) is 12.1 Å². The van der Waals surface area contributed by atoms with Gasteiger partial charge in [-0.2, -0.15) is 0 Å². The maximum atomic E-state index is 14.1. The Morgan fingerprint density at radius 2 is 1.84 bits per heavy atom. The number of benzene rings is 2. The van der Waals surface area contributed by atoms with Gasteiger partial charge in [0.25, 0.3) is 0 Å². The molecular formula is C15H13F2NO. The summed E-state index contributed by atoms with van der Waals surface area (Å²) in [7, 11) is 0. The van der Waals surface area contributed by atoms with E-state index in [1.807, 2.05) is 17.6 Å². The second-order valence-electron chi connectivity index (χ2n) is 4.51. The number of rotatable bonds is 2. The largest absolute Gasteiger partial charge is 0.392 e. The molecule has 2 aromatic carbocycles. The predicted molar refractivity (Wildman–Crippen MR) is 71.0 cm³/mol. The molecule has 0 aliphatic rings.